The number of ether oxygens (including phenoxy) is 3. The van der Waals surface area contributed by atoms with Gasteiger partial charge in [0.15, 0.2) is 0 Å². The maximum absolute atomic E-state index is 6.51. The minimum atomic E-state index is -1.07. The highest BCUT2D eigenvalue weighted by Crippen LogP contribution is 2.40. The molecule has 0 saturated carbocycles. The highest BCUT2D eigenvalue weighted by Gasteiger charge is 2.45. The quantitative estimate of drug-likeness (QED) is 0.390. The molecule has 5 rings (SSSR count). The Morgan fingerprint density at radius 2 is 1.97 bits per heavy atom. The number of imidazole rings is 1. The molecule has 0 unspecified atom stereocenters. The van der Waals surface area contributed by atoms with Crippen molar-refractivity contribution in [3.8, 4) is 11.4 Å². The fourth-order valence-corrected chi connectivity index (χ4v) is 4.23. The van der Waals surface area contributed by atoms with E-state index in [1.165, 1.54) is 0 Å². The van der Waals surface area contributed by atoms with Crippen LogP contribution in [0.1, 0.15) is 5.56 Å². The smallest absolute Gasteiger partial charge is 0.215 e. The van der Waals surface area contributed by atoms with E-state index in [-0.39, 0.29) is 6.10 Å². The minimum absolute atomic E-state index is 0.281. The zero-order chi connectivity index (χ0) is 22.0. The summed E-state index contributed by atoms with van der Waals surface area (Å²) in [5.74, 6) is -0.332. The molecule has 3 heterocycles. The molecule has 0 radical (unpaired) electrons. The average molecular weight is 471 g/mol. The van der Waals surface area contributed by atoms with E-state index in [1.807, 2.05) is 53.4 Å². The summed E-state index contributed by atoms with van der Waals surface area (Å²) >= 11 is 12.6. The Kier molecular flexibility index (Phi) is 5.89. The molecular weight excluding hydrogens is 451 g/mol. The van der Waals surface area contributed by atoms with Crippen molar-refractivity contribution in [1.82, 2.24) is 19.3 Å². The number of rotatable bonds is 7. The van der Waals surface area contributed by atoms with Crippen LogP contribution in [0.3, 0.4) is 0 Å². The summed E-state index contributed by atoms with van der Waals surface area (Å²) in [6, 6.07) is 14.9. The first kappa shape index (κ1) is 21.0. The van der Waals surface area contributed by atoms with E-state index in [0.29, 0.717) is 35.4 Å². The Hall–Kier alpha value is -2.84. The summed E-state index contributed by atoms with van der Waals surface area (Å²) in [6.45, 7) is 1.08. The average Bonchev–Trinajstić information content (AvgIpc) is 3.56. The predicted molar refractivity (Wildman–Crippen MR) is 120 cm³/mol. The second-order valence-electron chi connectivity index (χ2n) is 7.42. The van der Waals surface area contributed by atoms with E-state index in [9.17, 15) is 0 Å². The van der Waals surface area contributed by atoms with Crippen LogP contribution in [0.2, 0.25) is 10.0 Å². The van der Waals surface area contributed by atoms with Crippen molar-refractivity contribution < 1.29 is 14.2 Å². The van der Waals surface area contributed by atoms with E-state index < -0.39 is 5.79 Å². The summed E-state index contributed by atoms with van der Waals surface area (Å²) < 4.78 is 22.2. The number of hydrogen-bond donors (Lipinski definition) is 0. The molecule has 1 aliphatic heterocycles. The molecule has 0 amide bonds. The highest BCUT2D eigenvalue weighted by atomic mass is 35.5. The molecule has 164 valence electrons. The maximum Gasteiger partial charge on any atom is 0.215 e. The third-order valence-electron chi connectivity index (χ3n) is 5.19. The van der Waals surface area contributed by atoms with Crippen molar-refractivity contribution in [2.45, 2.75) is 18.4 Å². The van der Waals surface area contributed by atoms with Gasteiger partial charge in [-0.1, -0.05) is 29.3 Å². The summed E-state index contributed by atoms with van der Waals surface area (Å²) in [6.07, 6.45) is 8.62. The summed E-state index contributed by atoms with van der Waals surface area (Å²) in [5, 5.41) is 5.26. The van der Waals surface area contributed by atoms with Gasteiger partial charge in [-0.2, -0.15) is 5.10 Å². The number of nitrogens with zero attached hydrogens (tertiary/aromatic N) is 4. The Morgan fingerprint density at radius 1 is 1.09 bits per heavy atom. The van der Waals surface area contributed by atoms with E-state index >= 15 is 0 Å². The van der Waals surface area contributed by atoms with Gasteiger partial charge >= 0.3 is 0 Å². The largest absolute Gasteiger partial charge is 0.491 e. The van der Waals surface area contributed by atoms with E-state index in [0.717, 1.165) is 11.4 Å². The first-order valence-electron chi connectivity index (χ1n) is 10.1. The Morgan fingerprint density at radius 3 is 2.69 bits per heavy atom. The Bertz CT molecular complexity index is 1170. The van der Waals surface area contributed by atoms with Crippen molar-refractivity contribution in [1.29, 1.82) is 0 Å². The van der Waals surface area contributed by atoms with Gasteiger partial charge in [0.1, 0.15) is 18.5 Å². The van der Waals surface area contributed by atoms with Crippen LogP contribution in [0.5, 0.6) is 5.75 Å². The third-order valence-corrected chi connectivity index (χ3v) is 5.74. The van der Waals surface area contributed by atoms with Crippen molar-refractivity contribution in [3.63, 3.8) is 0 Å². The highest BCUT2D eigenvalue weighted by molar-refractivity contribution is 6.35. The lowest BCUT2D eigenvalue weighted by Crippen LogP contribution is -2.34. The van der Waals surface area contributed by atoms with Gasteiger partial charge in [-0.15, -0.1) is 0 Å². The zero-order valence-electron chi connectivity index (χ0n) is 17.0. The molecule has 0 spiro atoms. The van der Waals surface area contributed by atoms with Crippen molar-refractivity contribution in [2.75, 3.05) is 13.2 Å². The van der Waals surface area contributed by atoms with Crippen molar-refractivity contribution in [2.24, 2.45) is 0 Å². The fraction of sp³-hybridized carbons (Fsp3) is 0.217. The maximum atomic E-state index is 6.51. The number of halogens is 2. The monoisotopic (exact) mass is 470 g/mol. The molecule has 2 atom stereocenters. The molecule has 0 N–H and O–H groups in total. The number of hydrogen-bond acceptors (Lipinski definition) is 5. The molecule has 4 aromatic rings. The lowest BCUT2D eigenvalue weighted by Gasteiger charge is -2.30. The SMILES string of the molecule is Clc1ccc([C@]2(Cn3ccnc3)OC[C@H](COc3ccc(-n4cccn4)cc3)O2)c(Cl)c1. The molecule has 2 aromatic carbocycles. The molecule has 1 aliphatic rings. The number of aromatic nitrogens is 4. The second kappa shape index (κ2) is 8.96. The van der Waals surface area contributed by atoms with Crippen LogP contribution in [0.25, 0.3) is 5.69 Å². The van der Waals surface area contributed by atoms with Crippen LogP contribution in [-0.2, 0) is 21.8 Å². The normalized spacial score (nSPS) is 20.5. The fourth-order valence-electron chi connectivity index (χ4n) is 3.68. The van der Waals surface area contributed by atoms with Gasteiger partial charge in [-0.25, -0.2) is 9.67 Å². The number of benzene rings is 2. The molecule has 7 nitrogen and oxygen atoms in total. The van der Waals surface area contributed by atoms with Crippen LogP contribution in [-0.4, -0.2) is 38.6 Å². The van der Waals surface area contributed by atoms with Gasteiger partial charge in [0, 0.05) is 35.4 Å². The summed E-state index contributed by atoms with van der Waals surface area (Å²) in [4.78, 5) is 4.11. The van der Waals surface area contributed by atoms with E-state index in [2.05, 4.69) is 10.1 Å². The van der Waals surface area contributed by atoms with Crippen LogP contribution in [0.4, 0.5) is 0 Å². The van der Waals surface area contributed by atoms with Gasteiger partial charge in [0.25, 0.3) is 0 Å². The third kappa shape index (κ3) is 4.38. The molecule has 1 saturated heterocycles. The topological polar surface area (TPSA) is 63.3 Å². The molecule has 2 aromatic heterocycles. The minimum Gasteiger partial charge on any atom is -0.491 e. The van der Waals surface area contributed by atoms with Crippen molar-refractivity contribution >= 4 is 23.2 Å². The molecule has 0 aliphatic carbocycles. The summed E-state index contributed by atoms with van der Waals surface area (Å²) in [7, 11) is 0. The Balaban J connectivity index is 1.30. The summed E-state index contributed by atoms with van der Waals surface area (Å²) in [5.41, 5.74) is 1.67. The first-order chi connectivity index (χ1) is 15.6. The zero-order valence-corrected chi connectivity index (χ0v) is 18.5. The van der Waals surface area contributed by atoms with Gasteiger partial charge in [-0.3, -0.25) is 0 Å². The molecule has 9 heteroatoms. The van der Waals surface area contributed by atoms with E-state index in [4.69, 9.17) is 37.4 Å². The van der Waals surface area contributed by atoms with Gasteiger partial charge < -0.3 is 18.8 Å². The second-order valence-corrected chi connectivity index (χ2v) is 8.26. The van der Waals surface area contributed by atoms with E-state index in [1.54, 1.807) is 35.5 Å². The molecule has 32 heavy (non-hydrogen) atoms. The van der Waals surface area contributed by atoms with Gasteiger partial charge in [0.05, 0.1) is 30.2 Å². The van der Waals surface area contributed by atoms with Crippen molar-refractivity contribution in [3.05, 3.63) is 95.3 Å². The van der Waals surface area contributed by atoms with Crippen LogP contribution in [0, 0.1) is 0 Å². The lowest BCUT2D eigenvalue weighted by molar-refractivity contribution is -0.189. The lowest BCUT2D eigenvalue weighted by atomic mass is 10.1. The molecule has 0 bridgehead atoms. The molecular formula is C23H20Cl2N4O3. The standard InChI is InChI=1S/C23H20Cl2N4O3/c24-17-2-7-21(22(25)12-17)23(15-28-11-9-26-16-28)31-14-20(32-23)13-30-19-5-3-18(4-6-19)29-10-1-8-27-29/h1-12,16,20H,13-15H2/t20-,23+/m0/s1. The van der Waals surface area contributed by atoms with Gasteiger partial charge in [0.2, 0.25) is 5.79 Å². The first-order valence-corrected chi connectivity index (χ1v) is 10.8. The van der Waals surface area contributed by atoms with Gasteiger partial charge in [-0.05, 0) is 42.5 Å². The molecule has 1 fully saturated rings. The van der Waals surface area contributed by atoms with Crippen LogP contribution in [0.15, 0.2) is 79.6 Å². The van der Waals surface area contributed by atoms with Crippen LogP contribution >= 0.6 is 23.2 Å². The predicted octanol–water partition coefficient (Wildman–Crippen LogP) is 4.72. The van der Waals surface area contributed by atoms with Crippen LogP contribution < -0.4 is 4.74 Å². The Labute approximate surface area is 195 Å².